The summed E-state index contributed by atoms with van der Waals surface area (Å²) >= 11 is 0. The maximum absolute atomic E-state index is 12.3. The molecule has 0 N–H and O–H groups in total. The summed E-state index contributed by atoms with van der Waals surface area (Å²) in [4.78, 5) is 24.5. The zero-order chi connectivity index (χ0) is 16.5. The van der Waals surface area contributed by atoms with Crippen LogP contribution in [0.2, 0.25) is 0 Å². The van der Waals surface area contributed by atoms with Gasteiger partial charge in [-0.25, -0.2) is 0 Å². The lowest BCUT2D eigenvalue weighted by Gasteiger charge is -2.28. The fraction of sp³-hybridized carbons (Fsp3) is 0.562. The zero-order valence-electron chi connectivity index (χ0n) is 13.4. The normalized spacial score (nSPS) is 11.8. The Labute approximate surface area is 131 Å². The van der Waals surface area contributed by atoms with Gasteiger partial charge in [-0.2, -0.15) is 0 Å². The highest BCUT2D eigenvalue weighted by molar-refractivity contribution is 5.78. The van der Waals surface area contributed by atoms with Crippen molar-refractivity contribution < 1.29 is 14.5 Å². The van der Waals surface area contributed by atoms with Crippen molar-refractivity contribution in [1.82, 2.24) is 4.90 Å². The van der Waals surface area contributed by atoms with Gasteiger partial charge in [-0.1, -0.05) is 32.4 Å². The Bertz CT molecular complexity index is 505. The molecule has 1 amide bonds. The van der Waals surface area contributed by atoms with Crippen LogP contribution in [0, 0.1) is 10.1 Å². The molecule has 0 aliphatic heterocycles. The molecule has 0 spiro atoms. The second-order valence-electron chi connectivity index (χ2n) is 5.21. The Balaban J connectivity index is 2.72. The minimum absolute atomic E-state index is 0.125. The molecule has 0 radical (unpaired) electrons. The largest absolute Gasteiger partial charge is 0.477 e. The molecule has 1 aromatic carbocycles. The lowest BCUT2D eigenvalue weighted by molar-refractivity contribution is -0.385. The van der Waals surface area contributed by atoms with Gasteiger partial charge < -0.3 is 9.64 Å². The van der Waals surface area contributed by atoms with Crippen molar-refractivity contribution in [3.8, 4) is 5.75 Å². The lowest BCUT2D eigenvalue weighted by atomic mass is 10.2. The van der Waals surface area contributed by atoms with E-state index in [4.69, 9.17) is 4.74 Å². The molecule has 1 unspecified atom stereocenters. The van der Waals surface area contributed by atoms with E-state index in [9.17, 15) is 14.9 Å². The topological polar surface area (TPSA) is 72.7 Å². The Morgan fingerprint density at radius 2 is 2.05 bits per heavy atom. The third-order valence-electron chi connectivity index (χ3n) is 3.61. The van der Waals surface area contributed by atoms with Crippen LogP contribution in [0.1, 0.15) is 40.0 Å². The van der Waals surface area contributed by atoms with Crippen molar-refractivity contribution in [2.75, 3.05) is 13.2 Å². The van der Waals surface area contributed by atoms with E-state index in [0.29, 0.717) is 6.54 Å². The van der Waals surface area contributed by atoms with Crippen LogP contribution < -0.4 is 4.74 Å². The molecule has 0 aromatic heterocycles. The van der Waals surface area contributed by atoms with Gasteiger partial charge in [0.15, 0.2) is 12.4 Å². The summed E-state index contributed by atoms with van der Waals surface area (Å²) in [6.07, 6.45) is 2.80. The number of unbranched alkanes of at least 4 members (excludes halogenated alkanes) is 1. The van der Waals surface area contributed by atoms with Gasteiger partial charge in [-0.15, -0.1) is 0 Å². The fourth-order valence-corrected chi connectivity index (χ4v) is 2.09. The number of benzene rings is 1. The number of nitro benzene ring substituents is 1. The molecule has 0 saturated carbocycles. The van der Waals surface area contributed by atoms with Crippen LogP contribution in [0.15, 0.2) is 24.3 Å². The van der Waals surface area contributed by atoms with Gasteiger partial charge in [-0.05, 0) is 25.8 Å². The van der Waals surface area contributed by atoms with E-state index in [1.54, 1.807) is 17.0 Å². The van der Waals surface area contributed by atoms with Crippen molar-refractivity contribution in [2.24, 2.45) is 0 Å². The Hall–Kier alpha value is -2.11. The monoisotopic (exact) mass is 308 g/mol. The van der Waals surface area contributed by atoms with Crippen molar-refractivity contribution >= 4 is 11.6 Å². The summed E-state index contributed by atoms with van der Waals surface area (Å²) in [5.41, 5.74) is -0.126. The molecule has 0 aliphatic carbocycles. The SMILES string of the molecule is CCCCN(C(=O)COc1ccccc1[N+](=O)[O-])C(C)CC. The van der Waals surface area contributed by atoms with Gasteiger partial charge in [0.2, 0.25) is 0 Å². The van der Waals surface area contributed by atoms with Crippen LogP contribution in [0.4, 0.5) is 5.69 Å². The minimum Gasteiger partial charge on any atom is -0.477 e. The smallest absolute Gasteiger partial charge is 0.310 e. The molecule has 1 atom stereocenters. The molecular formula is C16H24N2O4. The summed E-state index contributed by atoms with van der Waals surface area (Å²) < 4.78 is 5.38. The third kappa shape index (κ3) is 5.02. The van der Waals surface area contributed by atoms with E-state index in [1.807, 2.05) is 13.8 Å². The van der Waals surface area contributed by atoms with Gasteiger partial charge in [0.1, 0.15) is 0 Å². The third-order valence-corrected chi connectivity index (χ3v) is 3.61. The number of hydrogen-bond acceptors (Lipinski definition) is 4. The van der Waals surface area contributed by atoms with Crippen LogP contribution in [0.3, 0.4) is 0 Å². The highest BCUT2D eigenvalue weighted by Crippen LogP contribution is 2.25. The predicted molar refractivity (Wildman–Crippen MR) is 85.0 cm³/mol. The number of amides is 1. The molecule has 0 saturated heterocycles. The van der Waals surface area contributed by atoms with Gasteiger partial charge in [0.05, 0.1) is 4.92 Å². The number of para-hydroxylation sites is 2. The average Bonchev–Trinajstić information content (AvgIpc) is 2.53. The van der Waals surface area contributed by atoms with Gasteiger partial charge in [-0.3, -0.25) is 14.9 Å². The summed E-state index contributed by atoms with van der Waals surface area (Å²) in [6.45, 7) is 6.60. The molecule has 122 valence electrons. The molecule has 6 heteroatoms. The van der Waals surface area contributed by atoms with Crippen molar-refractivity contribution in [3.05, 3.63) is 34.4 Å². The first kappa shape index (κ1) is 17.9. The number of nitrogens with zero attached hydrogens (tertiary/aromatic N) is 2. The minimum atomic E-state index is -0.511. The molecule has 0 aliphatic rings. The maximum Gasteiger partial charge on any atom is 0.310 e. The average molecular weight is 308 g/mol. The number of hydrogen-bond donors (Lipinski definition) is 0. The van der Waals surface area contributed by atoms with Crippen molar-refractivity contribution in [2.45, 2.75) is 46.1 Å². The number of ether oxygens (including phenoxy) is 1. The zero-order valence-corrected chi connectivity index (χ0v) is 13.4. The van der Waals surface area contributed by atoms with E-state index in [0.717, 1.165) is 19.3 Å². The Morgan fingerprint density at radius 3 is 2.64 bits per heavy atom. The summed E-state index contributed by atoms with van der Waals surface area (Å²) in [5, 5.41) is 10.9. The second kappa shape index (κ2) is 9.02. The Kier molecular flexibility index (Phi) is 7.36. The first-order chi connectivity index (χ1) is 10.5. The number of carbonyl (C=O) groups is 1. The van der Waals surface area contributed by atoms with E-state index in [-0.39, 0.29) is 30.0 Å². The molecule has 6 nitrogen and oxygen atoms in total. The first-order valence-electron chi connectivity index (χ1n) is 7.66. The molecule has 22 heavy (non-hydrogen) atoms. The number of carbonyl (C=O) groups excluding carboxylic acids is 1. The van der Waals surface area contributed by atoms with Gasteiger partial charge >= 0.3 is 5.69 Å². The fourth-order valence-electron chi connectivity index (χ4n) is 2.09. The highest BCUT2D eigenvalue weighted by Gasteiger charge is 2.20. The van der Waals surface area contributed by atoms with Crippen LogP contribution >= 0.6 is 0 Å². The molecule has 1 rings (SSSR count). The highest BCUT2D eigenvalue weighted by atomic mass is 16.6. The maximum atomic E-state index is 12.3. The molecule has 0 bridgehead atoms. The predicted octanol–water partition coefficient (Wildman–Crippen LogP) is 3.40. The molecule has 0 fully saturated rings. The summed E-state index contributed by atoms with van der Waals surface area (Å²) in [7, 11) is 0. The van der Waals surface area contributed by atoms with Gasteiger partial charge in [0, 0.05) is 18.7 Å². The van der Waals surface area contributed by atoms with Gasteiger partial charge in [0.25, 0.3) is 5.91 Å². The van der Waals surface area contributed by atoms with Crippen LogP contribution in [0.5, 0.6) is 5.75 Å². The van der Waals surface area contributed by atoms with E-state index in [1.165, 1.54) is 12.1 Å². The second-order valence-corrected chi connectivity index (χ2v) is 5.21. The lowest BCUT2D eigenvalue weighted by Crippen LogP contribution is -2.41. The molecular weight excluding hydrogens is 284 g/mol. The summed E-state index contributed by atoms with van der Waals surface area (Å²) in [6, 6.07) is 6.22. The van der Waals surface area contributed by atoms with Crippen LogP contribution in [-0.2, 0) is 4.79 Å². The van der Waals surface area contributed by atoms with E-state index >= 15 is 0 Å². The first-order valence-corrected chi connectivity index (χ1v) is 7.66. The number of rotatable bonds is 9. The number of nitro groups is 1. The Morgan fingerprint density at radius 1 is 1.36 bits per heavy atom. The molecule has 0 heterocycles. The summed E-state index contributed by atoms with van der Waals surface area (Å²) in [5.74, 6) is -0.0126. The van der Waals surface area contributed by atoms with Crippen molar-refractivity contribution in [1.29, 1.82) is 0 Å². The van der Waals surface area contributed by atoms with Crippen LogP contribution in [0.25, 0.3) is 0 Å². The van der Waals surface area contributed by atoms with E-state index in [2.05, 4.69) is 6.92 Å². The standard InChI is InChI=1S/C16H24N2O4/c1-4-6-11-17(13(3)5-2)16(19)12-22-15-10-8-7-9-14(15)18(20)21/h7-10,13H,4-6,11-12H2,1-3H3. The van der Waals surface area contributed by atoms with Crippen molar-refractivity contribution in [3.63, 3.8) is 0 Å². The van der Waals surface area contributed by atoms with E-state index < -0.39 is 4.92 Å². The quantitative estimate of drug-likeness (QED) is 0.517. The van der Waals surface area contributed by atoms with Crippen LogP contribution in [-0.4, -0.2) is 34.9 Å². The molecule has 1 aromatic rings.